The molecule has 0 unspecified atom stereocenters. The number of hydrogen-bond donors (Lipinski definition) is 0. The molecule has 4 aromatic rings. The molecule has 0 saturated heterocycles. The molecule has 2 aliphatic rings. The minimum Gasteiger partial charge on any atom is -0.0801 e. The van der Waals surface area contributed by atoms with Crippen LogP contribution in [0.2, 0.25) is 0 Å². The van der Waals surface area contributed by atoms with Crippen molar-refractivity contribution >= 4 is 17.2 Å². The van der Waals surface area contributed by atoms with Gasteiger partial charge in [-0.3, -0.25) is 0 Å². The Bertz CT molecular complexity index is 1620. The average Bonchev–Trinajstić information content (AvgIpc) is 3.53. The Balaban J connectivity index is 1.90. The maximum absolute atomic E-state index is 2.47. The molecule has 0 N–H and O–H groups in total. The summed E-state index contributed by atoms with van der Waals surface area (Å²) in [6.45, 7) is 4.66. The molecule has 34 heavy (non-hydrogen) atoms. The Labute approximate surface area is 201 Å². The highest BCUT2D eigenvalue weighted by Crippen LogP contribution is 2.32. The monoisotopic (exact) mass is 436 g/mol. The molecule has 2 aliphatic carbocycles. The Morgan fingerprint density at radius 2 is 1.38 bits per heavy atom. The van der Waals surface area contributed by atoms with Gasteiger partial charge in [-0.15, -0.1) is 0 Å². The SMILES string of the molecule is CC(C)c1cc2c(c(C3=CC=CC3)c1=C(c1ccccc1)c1ccccc1)C=c1ccccc1=2. The fourth-order valence-corrected chi connectivity index (χ4v) is 5.47. The molecule has 4 aromatic carbocycles. The van der Waals surface area contributed by atoms with Crippen LogP contribution >= 0.6 is 0 Å². The minimum absolute atomic E-state index is 0.393. The van der Waals surface area contributed by atoms with Gasteiger partial charge in [-0.1, -0.05) is 117 Å². The lowest BCUT2D eigenvalue weighted by atomic mass is 9.83. The topological polar surface area (TPSA) is 0 Å². The smallest absolute Gasteiger partial charge is 0.00296 e. The molecular weight excluding hydrogens is 408 g/mol. The first-order valence-electron chi connectivity index (χ1n) is 12.2. The second-order valence-corrected chi connectivity index (χ2v) is 9.49. The van der Waals surface area contributed by atoms with Crippen LogP contribution in [0.15, 0.2) is 109 Å². The number of hydrogen-bond acceptors (Lipinski definition) is 0. The Morgan fingerprint density at radius 1 is 0.735 bits per heavy atom. The zero-order valence-electron chi connectivity index (χ0n) is 19.8. The molecule has 164 valence electrons. The van der Waals surface area contributed by atoms with E-state index in [2.05, 4.69) is 129 Å². The van der Waals surface area contributed by atoms with Crippen LogP contribution < -0.4 is 10.4 Å². The molecule has 0 heteroatoms. The molecule has 6 rings (SSSR count). The maximum atomic E-state index is 2.47. The molecule has 0 heterocycles. The van der Waals surface area contributed by atoms with Gasteiger partial charge in [-0.25, -0.2) is 0 Å². The Kier molecular flexibility index (Phi) is 5.15. The quantitative estimate of drug-likeness (QED) is 0.290. The van der Waals surface area contributed by atoms with Crippen LogP contribution in [0.3, 0.4) is 0 Å². The summed E-state index contributed by atoms with van der Waals surface area (Å²) < 4.78 is 0. The lowest BCUT2D eigenvalue weighted by Gasteiger charge is -2.20. The van der Waals surface area contributed by atoms with Gasteiger partial charge in [0.1, 0.15) is 0 Å². The van der Waals surface area contributed by atoms with E-state index in [1.165, 1.54) is 59.8 Å². The highest BCUT2D eigenvalue weighted by atomic mass is 14.2. The predicted molar refractivity (Wildman–Crippen MR) is 144 cm³/mol. The Morgan fingerprint density at radius 3 is 2.00 bits per heavy atom. The predicted octanol–water partition coefficient (Wildman–Crippen LogP) is 6.83. The van der Waals surface area contributed by atoms with Gasteiger partial charge in [0.15, 0.2) is 0 Å². The minimum atomic E-state index is 0.393. The molecular formula is C34H28. The van der Waals surface area contributed by atoms with E-state index in [1.807, 2.05) is 0 Å². The lowest BCUT2D eigenvalue weighted by Crippen LogP contribution is -2.22. The summed E-state index contributed by atoms with van der Waals surface area (Å²) in [4.78, 5) is 0. The molecule has 0 spiro atoms. The van der Waals surface area contributed by atoms with Crippen LogP contribution in [0.25, 0.3) is 17.2 Å². The van der Waals surface area contributed by atoms with Crippen LogP contribution in [-0.2, 0) is 0 Å². The van der Waals surface area contributed by atoms with Crippen LogP contribution in [0.1, 0.15) is 54.0 Å². The molecule has 0 radical (unpaired) electrons. The van der Waals surface area contributed by atoms with E-state index >= 15 is 0 Å². The van der Waals surface area contributed by atoms with E-state index in [9.17, 15) is 0 Å². The van der Waals surface area contributed by atoms with Gasteiger partial charge in [0.05, 0.1) is 0 Å². The van der Waals surface area contributed by atoms with E-state index < -0.39 is 0 Å². The number of allylic oxidation sites excluding steroid dienone is 4. The third-order valence-electron chi connectivity index (χ3n) is 7.04. The Hall–Kier alpha value is -3.90. The van der Waals surface area contributed by atoms with Crippen LogP contribution in [0.4, 0.5) is 0 Å². The first kappa shape index (κ1) is 20.7. The first-order chi connectivity index (χ1) is 16.7. The third-order valence-corrected chi connectivity index (χ3v) is 7.04. The molecule has 0 aliphatic heterocycles. The number of rotatable bonds is 4. The highest BCUT2D eigenvalue weighted by molar-refractivity contribution is 5.87. The van der Waals surface area contributed by atoms with Crippen molar-refractivity contribution in [3.05, 3.63) is 158 Å². The summed E-state index contributed by atoms with van der Waals surface area (Å²) in [7, 11) is 0. The van der Waals surface area contributed by atoms with Gasteiger partial charge in [-0.05, 0) is 84.3 Å². The summed E-state index contributed by atoms with van der Waals surface area (Å²) in [5.74, 6) is 0.393. The lowest BCUT2D eigenvalue weighted by molar-refractivity contribution is 0.855. The summed E-state index contributed by atoms with van der Waals surface area (Å²) in [6, 6.07) is 33.1. The summed E-state index contributed by atoms with van der Waals surface area (Å²) in [6.07, 6.45) is 10.2. The van der Waals surface area contributed by atoms with Crippen molar-refractivity contribution in [2.75, 3.05) is 0 Å². The molecule has 0 saturated carbocycles. The zero-order valence-corrected chi connectivity index (χ0v) is 19.8. The molecule has 0 atom stereocenters. The van der Waals surface area contributed by atoms with Crippen molar-refractivity contribution in [1.29, 1.82) is 0 Å². The van der Waals surface area contributed by atoms with Crippen molar-refractivity contribution in [3.63, 3.8) is 0 Å². The average molecular weight is 437 g/mol. The summed E-state index contributed by atoms with van der Waals surface area (Å²) >= 11 is 0. The molecule has 0 nitrogen and oxygen atoms in total. The van der Waals surface area contributed by atoms with Crippen LogP contribution in [0, 0.1) is 10.4 Å². The van der Waals surface area contributed by atoms with Gasteiger partial charge in [0.25, 0.3) is 0 Å². The molecule has 0 bridgehead atoms. The van der Waals surface area contributed by atoms with Gasteiger partial charge in [0, 0.05) is 0 Å². The van der Waals surface area contributed by atoms with E-state index in [1.54, 1.807) is 0 Å². The van der Waals surface area contributed by atoms with Crippen molar-refractivity contribution in [1.82, 2.24) is 0 Å². The maximum Gasteiger partial charge on any atom is -0.00296 e. The molecule has 0 fully saturated rings. The zero-order chi connectivity index (χ0) is 23.1. The van der Waals surface area contributed by atoms with E-state index in [0.29, 0.717) is 5.92 Å². The molecule has 0 aromatic heterocycles. The number of fused-ring (bicyclic) bond motifs is 2. The van der Waals surface area contributed by atoms with Gasteiger partial charge in [-0.2, -0.15) is 0 Å². The van der Waals surface area contributed by atoms with E-state index in [-0.39, 0.29) is 0 Å². The summed E-state index contributed by atoms with van der Waals surface area (Å²) in [5, 5.41) is 5.41. The second-order valence-electron chi connectivity index (χ2n) is 9.49. The van der Waals surface area contributed by atoms with Crippen molar-refractivity contribution < 1.29 is 0 Å². The third kappa shape index (κ3) is 3.38. The largest absolute Gasteiger partial charge is 0.0801 e. The van der Waals surface area contributed by atoms with Crippen molar-refractivity contribution in [3.8, 4) is 0 Å². The van der Waals surface area contributed by atoms with Gasteiger partial charge >= 0.3 is 0 Å². The fourth-order valence-electron chi connectivity index (χ4n) is 5.47. The van der Waals surface area contributed by atoms with E-state index in [4.69, 9.17) is 0 Å². The normalized spacial score (nSPS) is 13.4. The van der Waals surface area contributed by atoms with E-state index in [0.717, 1.165) is 6.42 Å². The van der Waals surface area contributed by atoms with Gasteiger partial charge < -0.3 is 0 Å². The van der Waals surface area contributed by atoms with Gasteiger partial charge in [0.2, 0.25) is 0 Å². The van der Waals surface area contributed by atoms with Crippen molar-refractivity contribution in [2.24, 2.45) is 0 Å². The van der Waals surface area contributed by atoms with Crippen LogP contribution in [-0.4, -0.2) is 0 Å². The first-order valence-corrected chi connectivity index (χ1v) is 12.2. The second kappa shape index (κ2) is 8.47. The standard InChI is InChI=1S/C34H28/c1-23(2)29-22-30-28-20-12-11-19-27(28)21-31(30)33(26-17-9-10-18-26)34(29)32(24-13-5-3-6-14-24)25-15-7-4-8-16-25/h3-17,19-23H,18H2,1-2H3. The fraction of sp³-hybridized carbons (Fsp3) is 0.118. The van der Waals surface area contributed by atoms with Crippen molar-refractivity contribution in [2.45, 2.75) is 26.2 Å². The summed E-state index contributed by atoms with van der Waals surface area (Å²) in [5.41, 5.74) is 9.42. The van der Waals surface area contributed by atoms with Crippen LogP contribution in [0.5, 0.6) is 0 Å². The molecule has 0 amide bonds. The number of benzene rings is 4. The highest BCUT2D eigenvalue weighted by Gasteiger charge is 2.21.